The van der Waals surface area contributed by atoms with Crippen LogP contribution in [0.5, 0.6) is 0 Å². The molecule has 27 heavy (non-hydrogen) atoms. The van der Waals surface area contributed by atoms with Gasteiger partial charge >= 0.3 is 0 Å². The Hall–Kier alpha value is -2.42. The second-order valence-electron chi connectivity index (χ2n) is 6.72. The zero-order valence-corrected chi connectivity index (χ0v) is 15.9. The van der Waals surface area contributed by atoms with Gasteiger partial charge in [-0.25, -0.2) is 0 Å². The van der Waals surface area contributed by atoms with E-state index in [2.05, 4.69) is 15.3 Å². The van der Waals surface area contributed by atoms with Crippen molar-refractivity contribution in [2.24, 2.45) is 7.05 Å². The average molecular weight is 389 g/mol. The summed E-state index contributed by atoms with van der Waals surface area (Å²) in [6.07, 6.45) is 1.77. The summed E-state index contributed by atoms with van der Waals surface area (Å²) >= 11 is 6.11. The van der Waals surface area contributed by atoms with Crippen molar-refractivity contribution in [1.29, 1.82) is 0 Å². The van der Waals surface area contributed by atoms with E-state index in [0.717, 1.165) is 55.3 Å². The van der Waals surface area contributed by atoms with Crippen LogP contribution in [0.3, 0.4) is 0 Å². The van der Waals surface area contributed by atoms with E-state index < -0.39 is 0 Å². The van der Waals surface area contributed by atoms with Gasteiger partial charge in [-0.15, -0.1) is 0 Å². The molecule has 3 aromatic rings. The molecule has 3 N–H and O–H groups in total. The summed E-state index contributed by atoms with van der Waals surface area (Å²) in [5, 5.41) is 18.4. The minimum absolute atomic E-state index is 0.223. The number of benzene rings is 1. The van der Waals surface area contributed by atoms with Crippen LogP contribution in [0, 0.1) is 0 Å². The molecule has 0 radical (unpaired) electrons. The Morgan fingerprint density at radius 3 is 2.81 bits per heavy atom. The maximum absolute atomic E-state index is 9.14. The SMILES string of the molecule is Cn1ncc2c(Nc3cccc(Cl)c3)nc(N3CC[NH+](CCO)CC3)nc21. The third kappa shape index (κ3) is 3.83. The number of halogens is 1. The third-order valence-corrected chi connectivity index (χ3v) is 5.12. The monoisotopic (exact) mass is 388 g/mol. The summed E-state index contributed by atoms with van der Waals surface area (Å²) in [7, 11) is 1.88. The number of fused-ring (bicyclic) bond motifs is 1. The normalized spacial score (nSPS) is 15.4. The standard InChI is InChI=1S/C18H22ClN7O/c1-24-17-15(12-20-24)16(21-14-4-2-3-13(19)11-14)22-18(23-17)26-7-5-25(6-8-26)9-10-27/h2-4,11-12,27H,5-10H2,1H3,(H,21,22,23)/p+1. The molecule has 1 aliphatic rings. The van der Waals surface area contributed by atoms with Crippen LogP contribution in [0.25, 0.3) is 11.0 Å². The van der Waals surface area contributed by atoms with Gasteiger partial charge in [-0.1, -0.05) is 17.7 Å². The van der Waals surface area contributed by atoms with Gasteiger partial charge in [0.1, 0.15) is 12.4 Å². The molecule has 0 saturated carbocycles. The van der Waals surface area contributed by atoms with Gasteiger partial charge in [0.25, 0.3) is 0 Å². The van der Waals surface area contributed by atoms with Crippen LogP contribution in [0.1, 0.15) is 0 Å². The van der Waals surface area contributed by atoms with Crippen molar-refractivity contribution in [2.45, 2.75) is 0 Å². The fourth-order valence-electron chi connectivity index (χ4n) is 3.38. The van der Waals surface area contributed by atoms with Gasteiger partial charge in [-0.3, -0.25) is 4.68 Å². The van der Waals surface area contributed by atoms with Crippen molar-refractivity contribution in [3.8, 4) is 0 Å². The van der Waals surface area contributed by atoms with Crippen LogP contribution in [-0.4, -0.2) is 64.2 Å². The second kappa shape index (κ2) is 7.67. The molecule has 2 aromatic heterocycles. The Balaban J connectivity index is 1.65. The lowest BCUT2D eigenvalue weighted by atomic mass is 10.3. The van der Waals surface area contributed by atoms with Crippen LogP contribution >= 0.6 is 11.6 Å². The van der Waals surface area contributed by atoms with Crippen LogP contribution in [0.15, 0.2) is 30.5 Å². The van der Waals surface area contributed by atoms with E-state index in [-0.39, 0.29) is 6.61 Å². The van der Waals surface area contributed by atoms with Crippen molar-refractivity contribution >= 4 is 40.1 Å². The number of quaternary nitrogens is 1. The van der Waals surface area contributed by atoms with Crippen LogP contribution in [-0.2, 0) is 7.05 Å². The number of hydrogen-bond acceptors (Lipinski definition) is 6. The van der Waals surface area contributed by atoms with E-state index in [1.54, 1.807) is 10.9 Å². The fraction of sp³-hybridized carbons (Fsp3) is 0.389. The molecule has 0 aliphatic carbocycles. The van der Waals surface area contributed by atoms with E-state index in [9.17, 15) is 0 Å². The first-order valence-electron chi connectivity index (χ1n) is 9.06. The third-order valence-electron chi connectivity index (χ3n) is 4.89. The second-order valence-corrected chi connectivity index (χ2v) is 7.16. The number of rotatable bonds is 5. The summed E-state index contributed by atoms with van der Waals surface area (Å²) in [6.45, 7) is 4.65. The first-order chi connectivity index (χ1) is 13.1. The molecular formula is C18H23ClN7O+. The predicted octanol–water partition coefficient (Wildman–Crippen LogP) is 0.457. The van der Waals surface area contributed by atoms with Gasteiger partial charge in [0.2, 0.25) is 5.95 Å². The number of aromatic nitrogens is 4. The average Bonchev–Trinajstić information content (AvgIpc) is 3.04. The minimum Gasteiger partial charge on any atom is -0.391 e. The van der Waals surface area contributed by atoms with E-state index in [0.29, 0.717) is 11.0 Å². The lowest BCUT2D eigenvalue weighted by Crippen LogP contribution is -3.15. The Labute approximate surface area is 162 Å². The highest BCUT2D eigenvalue weighted by Gasteiger charge is 2.23. The number of piperazine rings is 1. The number of nitrogens with zero attached hydrogens (tertiary/aromatic N) is 5. The van der Waals surface area contributed by atoms with Gasteiger partial charge in [-0.2, -0.15) is 15.1 Å². The summed E-state index contributed by atoms with van der Waals surface area (Å²) in [5.41, 5.74) is 1.66. The number of aryl methyl sites for hydroxylation is 1. The van der Waals surface area contributed by atoms with Gasteiger partial charge in [0.15, 0.2) is 5.65 Å². The highest BCUT2D eigenvalue weighted by atomic mass is 35.5. The van der Waals surface area contributed by atoms with Crippen molar-refractivity contribution in [3.05, 3.63) is 35.5 Å². The minimum atomic E-state index is 0.223. The van der Waals surface area contributed by atoms with Gasteiger partial charge in [-0.05, 0) is 18.2 Å². The molecule has 0 atom stereocenters. The smallest absolute Gasteiger partial charge is 0.229 e. The quantitative estimate of drug-likeness (QED) is 0.589. The Morgan fingerprint density at radius 1 is 1.26 bits per heavy atom. The van der Waals surface area contributed by atoms with Crippen molar-refractivity contribution in [3.63, 3.8) is 0 Å². The topological polar surface area (TPSA) is 83.5 Å². The zero-order chi connectivity index (χ0) is 18.8. The predicted molar refractivity (Wildman–Crippen MR) is 106 cm³/mol. The molecule has 1 fully saturated rings. The highest BCUT2D eigenvalue weighted by Crippen LogP contribution is 2.27. The number of hydrogen-bond donors (Lipinski definition) is 3. The summed E-state index contributed by atoms with van der Waals surface area (Å²) in [4.78, 5) is 13.1. The van der Waals surface area contributed by atoms with Crippen molar-refractivity contribution in [2.75, 3.05) is 49.5 Å². The molecule has 1 aromatic carbocycles. The molecule has 0 unspecified atom stereocenters. The summed E-state index contributed by atoms with van der Waals surface area (Å²) in [5.74, 6) is 1.41. The fourth-order valence-corrected chi connectivity index (χ4v) is 3.57. The number of aliphatic hydroxyl groups is 1. The number of aliphatic hydroxyl groups excluding tert-OH is 1. The lowest BCUT2D eigenvalue weighted by Gasteiger charge is -2.32. The molecule has 0 spiro atoms. The number of anilines is 3. The summed E-state index contributed by atoms with van der Waals surface area (Å²) in [6, 6.07) is 7.55. The Kier molecular flexibility index (Phi) is 5.11. The molecule has 8 nitrogen and oxygen atoms in total. The van der Waals surface area contributed by atoms with Crippen LogP contribution in [0.4, 0.5) is 17.5 Å². The molecule has 4 rings (SSSR count). The first-order valence-corrected chi connectivity index (χ1v) is 9.43. The van der Waals surface area contributed by atoms with Crippen molar-refractivity contribution < 1.29 is 10.0 Å². The Morgan fingerprint density at radius 2 is 2.07 bits per heavy atom. The van der Waals surface area contributed by atoms with Gasteiger partial charge in [0, 0.05) is 17.8 Å². The largest absolute Gasteiger partial charge is 0.391 e. The molecule has 142 valence electrons. The van der Waals surface area contributed by atoms with Gasteiger partial charge < -0.3 is 20.2 Å². The lowest BCUT2D eigenvalue weighted by molar-refractivity contribution is -0.900. The maximum Gasteiger partial charge on any atom is 0.229 e. The van der Waals surface area contributed by atoms with Gasteiger partial charge in [0.05, 0.1) is 44.4 Å². The number of nitrogens with one attached hydrogen (secondary N) is 2. The molecule has 9 heteroatoms. The molecule has 1 saturated heterocycles. The van der Waals surface area contributed by atoms with E-state index in [1.165, 1.54) is 4.90 Å². The van der Waals surface area contributed by atoms with E-state index >= 15 is 0 Å². The van der Waals surface area contributed by atoms with Crippen LogP contribution in [0.2, 0.25) is 5.02 Å². The van der Waals surface area contributed by atoms with Crippen LogP contribution < -0.4 is 15.1 Å². The molecule has 3 heterocycles. The zero-order valence-electron chi connectivity index (χ0n) is 15.2. The van der Waals surface area contributed by atoms with E-state index in [4.69, 9.17) is 26.7 Å². The Bertz CT molecular complexity index is 937. The highest BCUT2D eigenvalue weighted by molar-refractivity contribution is 6.30. The summed E-state index contributed by atoms with van der Waals surface area (Å²) < 4.78 is 1.76. The van der Waals surface area contributed by atoms with Crippen molar-refractivity contribution in [1.82, 2.24) is 19.7 Å². The molecular weight excluding hydrogens is 366 g/mol. The van der Waals surface area contributed by atoms with E-state index in [1.807, 2.05) is 31.3 Å². The molecule has 0 amide bonds. The maximum atomic E-state index is 9.14. The molecule has 1 aliphatic heterocycles. The molecule has 0 bridgehead atoms. The first kappa shape index (κ1) is 18.0.